The Morgan fingerprint density at radius 1 is 1.08 bits per heavy atom. The minimum absolute atomic E-state index is 0.00153. The van der Waals surface area contributed by atoms with E-state index in [1.807, 2.05) is 13.0 Å². The molecule has 25 heavy (non-hydrogen) atoms. The van der Waals surface area contributed by atoms with Gasteiger partial charge in [-0.25, -0.2) is 4.39 Å². The predicted octanol–water partition coefficient (Wildman–Crippen LogP) is 3.30. The van der Waals surface area contributed by atoms with E-state index in [0.29, 0.717) is 16.4 Å². The van der Waals surface area contributed by atoms with Gasteiger partial charge in [0.2, 0.25) is 11.8 Å². The SMILES string of the molecule is Cc1ccc(Cl)cc1NC(=O)CN(C)CC(=O)Nc1cccc(F)c1. The van der Waals surface area contributed by atoms with E-state index in [9.17, 15) is 14.0 Å². The van der Waals surface area contributed by atoms with Crippen LogP contribution in [0.2, 0.25) is 5.02 Å². The minimum Gasteiger partial charge on any atom is -0.325 e. The lowest BCUT2D eigenvalue weighted by Crippen LogP contribution is -2.36. The van der Waals surface area contributed by atoms with Crippen LogP contribution in [0, 0.1) is 12.7 Å². The average Bonchev–Trinajstić information content (AvgIpc) is 2.50. The van der Waals surface area contributed by atoms with Gasteiger partial charge in [0.05, 0.1) is 13.1 Å². The second-order valence-corrected chi connectivity index (χ2v) is 6.17. The Balaban J connectivity index is 1.84. The lowest BCUT2D eigenvalue weighted by atomic mass is 10.2. The number of halogens is 2. The zero-order valence-electron chi connectivity index (χ0n) is 14.0. The molecular formula is C18H19ClFN3O2. The highest BCUT2D eigenvalue weighted by atomic mass is 35.5. The monoisotopic (exact) mass is 363 g/mol. The number of amides is 2. The highest BCUT2D eigenvalue weighted by Crippen LogP contribution is 2.20. The summed E-state index contributed by atoms with van der Waals surface area (Å²) in [5.41, 5.74) is 1.90. The summed E-state index contributed by atoms with van der Waals surface area (Å²) in [5, 5.41) is 5.88. The summed E-state index contributed by atoms with van der Waals surface area (Å²) in [5.74, 6) is -1.02. The standard InChI is InChI=1S/C18H19ClFN3O2/c1-12-6-7-13(19)8-16(12)22-18(25)11-23(2)10-17(24)21-15-5-3-4-14(20)9-15/h3-9H,10-11H2,1-2H3,(H,21,24)(H,22,25). The van der Waals surface area contributed by atoms with Gasteiger partial charge in [-0.15, -0.1) is 0 Å². The number of benzene rings is 2. The summed E-state index contributed by atoms with van der Waals surface area (Å²) in [4.78, 5) is 25.6. The van der Waals surface area contributed by atoms with E-state index in [4.69, 9.17) is 11.6 Å². The second kappa shape index (κ2) is 8.60. The van der Waals surface area contributed by atoms with Gasteiger partial charge >= 0.3 is 0 Å². The van der Waals surface area contributed by atoms with Crippen LogP contribution in [0.15, 0.2) is 42.5 Å². The van der Waals surface area contributed by atoms with Crippen LogP contribution in [0.25, 0.3) is 0 Å². The molecule has 2 rings (SSSR count). The molecule has 0 aromatic heterocycles. The van der Waals surface area contributed by atoms with Crippen molar-refractivity contribution < 1.29 is 14.0 Å². The number of aryl methyl sites for hydroxylation is 1. The lowest BCUT2D eigenvalue weighted by molar-refractivity contribution is -0.119. The minimum atomic E-state index is -0.428. The maximum Gasteiger partial charge on any atom is 0.238 e. The Morgan fingerprint density at radius 2 is 1.76 bits per heavy atom. The first-order valence-electron chi connectivity index (χ1n) is 7.63. The number of hydrogen-bond donors (Lipinski definition) is 2. The smallest absolute Gasteiger partial charge is 0.238 e. The molecule has 2 aromatic carbocycles. The Labute approximate surface area is 150 Å². The van der Waals surface area contributed by atoms with Crippen molar-refractivity contribution in [2.75, 3.05) is 30.8 Å². The Kier molecular flexibility index (Phi) is 6.50. The fraction of sp³-hybridized carbons (Fsp3) is 0.222. The van der Waals surface area contributed by atoms with Crippen LogP contribution in [0.5, 0.6) is 0 Å². The molecule has 0 saturated carbocycles. The number of nitrogens with zero attached hydrogens (tertiary/aromatic N) is 1. The molecule has 0 aliphatic heterocycles. The van der Waals surface area contributed by atoms with Crippen LogP contribution >= 0.6 is 11.6 Å². The Morgan fingerprint density at radius 3 is 2.44 bits per heavy atom. The van der Waals surface area contributed by atoms with Gasteiger partial charge in [0, 0.05) is 16.4 Å². The molecule has 2 aromatic rings. The van der Waals surface area contributed by atoms with Gasteiger partial charge in [-0.1, -0.05) is 23.7 Å². The van der Waals surface area contributed by atoms with E-state index in [2.05, 4.69) is 10.6 Å². The Hall–Kier alpha value is -2.44. The van der Waals surface area contributed by atoms with E-state index in [-0.39, 0.29) is 24.9 Å². The van der Waals surface area contributed by atoms with E-state index >= 15 is 0 Å². The number of carbonyl (C=O) groups is 2. The molecule has 2 N–H and O–H groups in total. The summed E-state index contributed by atoms with van der Waals surface area (Å²) >= 11 is 5.92. The van der Waals surface area contributed by atoms with Crippen molar-refractivity contribution in [3.63, 3.8) is 0 Å². The van der Waals surface area contributed by atoms with Crippen LogP contribution in [-0.2, 0) is 9.59 Å². The van der Waals surface area contributed by atoms with Crippen molar-refractivity contribution >= 4 is 34.8 Å². The topological polar surface area (TPSA) is 61.4 Å². The van der Waals surface area contributed by atoms with Gasteiger partial charge in [-0.3, -0.25) is 14.5 Å². The van der Waals surface area contributed by atoms with Crippen LogP contribution in [-0.4, -0.2) is 36.9 Å². The maximum absolute atomic E-state index is 13.1. The van der Waals surface area contributed by atoms with Gasteiger partial charge in [0.25, 0.3) is 0 Å². The molecule has 5 nitrogen and oxygen atoms in total. The van der Waals surface area contributed by atoms with Gasteiger partial charge in [0.1, 0.15) is 5.82 Å². The first kappa shape index (κ1) is 18.9. The summed E-state index contributed by atoms with van der Waals surface area (Å²) in [6.45, 7) is 1.89. The highest BCUT2D eigenvalue weighted by molar-refractivity contribution is 6.31. The molecule has 0 bridgehead atoms. The fourth-order valence-corrected chi connectivity index (χ4v) is 2.40. The van der Waals surface area contributed by atoms with Gasteiger partial charge in [-0.05, 0) is 49.9 Å². The van der Waals surface area contributed by atoms with Crippen LogP contribution < -0.4 is 10.6 Å². The van der Waals surface area contributed by atoms with Gasteiger partial charge < -0.3 is 10.6 Å². The molecule has 7 heteroatoms. The summed E-state index contributed by atoms with van der Waals surface area (Å²) in [6.07, 6.45) is 0. The normalized spacial score (nSPS) is 10.6. The van der Waals surface area contributed by atoms with Crippen molar-refractivity contribution in [2.24, 2.45) is 0 Å². The largest absolute Gasteiger partial charge is 0.325 e. The number of hydrogen-bond acceptors (Lipinski definition) is 3. The summed E-state index contributed by atoms with van der Waals surface area (Å²) < 4.78 is 13.1. The molecule has 0 aliphatic rings. The number of nitrogens with one attached hydrogen (secondary N) is 2. The third-order valence-electron chi connectivity index (χ3n) is 3.41. The zero-order valence-corrected chi connectivity index (χ0v) is 14.7. The molecule has 0 heterocycles. The molecule has 132 valence electrons. The predicted molar refractivity (Wildman–Crippen MR) is 97.3 cm³/mol. The van der Waals surface area contributed by atoms with E-state index in [1.54, 1.807) is 30.1 Å². The molecular weight excluding hydrogens is 345 g/mol. The average molecular weight is 364 g/mol. The summed E-state index contributed by atoms with van der Waals surface area (Å²) in [7, 11) is 1.65. The molecule has 0 unspecified atom stereocenters. The van der Waals surface area contributed by atoms with Crippen LogP contribution in [0.1, 0.15) is 5.56 Å². The van der Waals surface area contributed by atoms with E-state index in [1.165, 1.54) is 18.2 Å². The van der Waals surface area contributed by atoms with Crippen LogP contribution in [0.4, 0.5) is 15.8 Å². The lowest BCUT2D eigenvalue weighted by Gasteiger charge is -2.16. The first-order chi connectivity index (χ1) is 11.8. The first-order valence-corrected chi connectivity index (χ1v) is 8.01. The van der Waals surface area contributed by atoms with Crippen molar-refractivity contribution in [3.05, 3.63) is 58.9 Å². The summed E-state index contributed by atoms with van der Waals surface area (Å²) in [6, 6.07) is 10.9. The van der Waals surface area contributed by atoms with Crippen molar-refractivity contribution in [2.45, 2.75) is 6.92 Å². The number of likely N-dealkylation sites (N-methyl/N-ethyl adjacent to an activating group) is 1. The van der Waals surface area contributed by atoms with E-state index in [0.717, 1.165) is 5.56 Å². The molecule has 0 saturated heterocycles. The number of rotatable bonds is 6. The van der Waals surface area contributed by atoms with Crippen molar-refractivity contribution in [1.29, 1.82) is 0 Å². The molecule has 0 aliphatic carbocycles. The number of anilines is 2. The van der Waals surface area contributed by atoms with Crippen molar-refractivity contribution in [1.82, 2.24) is 4.90 Å². The van der Waals surface area contributed by atoms with E-state index < -0.39 is 5.82 Å². The van der Waals surface area contributed by atoms with Crippen molar-refractivity contribution in [3.8, 4) is 0 Å². The third-order valence-corrected chi connectivity index (χ3v) is 3.64. The Bertz CT molecular complexity index is 783. The fourth-order valence-electron chi connectivity index (χ4n) is 2.23. The highest BCUT2D eigenvalue weighted by Gasteiger charge is 2.12. The number of carbonyl (C=O) groups excluding carboxylic acids is 2. The molecule has 0 spiro atoms. The molecule has 0 radical (unpaired) electrons. The molecule has 2 amide bonds. The zero-order chi connectivity index (χ0) is 18.4. The second-order valence-electron chi connectivity index (χ2n) is 5.74. The molecule has 0 atom stereocenters. The quantitative estimate of drug-likeness (QED) is 0.827. The van der Waals surface area contributed by atoms with Crippen LogP contribution in [0.3, 0.4) is 0 Å². The van der Waals surface area contributed by atoms with Gasteiger partial charge in [0.15, 0.2) is 0 Å². The molecule has 0 fully saturated rings. The maximum atomic E-state index is 13.1. The third kappa shape index (κ3) is 6.17. The van der Waals surface area contributed by atoms with Gasteiger partial charge in [-0.2, -0.15) is 0 Å².